The van der Waals surface area contributed by atoms with Crippen molar-refractivity contribution in [2.45, 2.75) is 19.8 Å². The van der Waals surface area contributed by atoms with Crippen LogP contribution in [0.2, 0.25) is 0 Å². The summed E-state index contributed by atoms with van der Waals surface area (Å²) in [5.41, 5.74) is 6.95. The summed E-state index contributed by atoms with van der Waals surface area (Å²) in [6, 6.07) is 5.92. The lowest BCUT2D eigenvalue weighted by Gasteiger charge is -2.13. The van der Waals surface area contributed by atoms with Gasteiger partial charge in [0, 0.05) is 5.56 Å². The first-order valence-electron chi connectivity index (χ1n) is 5.60. The van der Waals surface area contributed by atoms with Crippen molar-refractivity contribution in [2.75, 3.05) is 5.73 Å². The largest absolute Gasteiger partial charge is 0.573 e. The summed E-state index contributed by atoms with van der Waals surface area (Å²) >= 11 is 2.04. The Morgan fingerprint density at radius 2 is 2.00 bits per heavy atom. The quantitative estimate of drug-likeness (QED) is 0.809. The standard InChI is InChI=1S/C12H11F3IN3O/c1-7-10(16)11(17)19(18-7)6-8-4-2-3-5-9(8)20-12(13,14)15/h2-5H,6,17H2,1H3. The highest BCUT2D eigenvalue weighted by Gasteiger charge is 2.32. The molecule has 0 unspecified atom stereocenters. The second kappa shape index (κ2) is 5.51. The number of hydrogen-bond acceptors (Lipinski definition) is 3. The van der Waals surface area contributed by atoms with Gasteiger partial charge in [-0.25, -0.2) is 4.68 Å². The Morgan fingerprint density at radius 3 is 2.55 bits per heavy atom. The minimum Gasteiger partial charge on any atom is -0.405 e. The molecule has 2 aromatic rings. The zero-order valence-electron chi connectivity index (χ0n) is 10.4. The third kappa shape index (κ3) is 3.35. The fraction of sp³-hybridized carbons (Fsp3) is 0.250. The fourth-order valence-electron chi connectivity index (χ4n) is 1.72. The minimum atomic E-state index is -4.73. The molecule has 2 N–H and O–H groups in total. The maximum atomic E-state index is 12.3. The number of rotatable bonds is 3. The number of anilines is 1. The van der Waals surface area contributed by atoms with Gasteiger partial charge in [-0.1, -0.05) is 18.2 Å². The van der Waals surface area contributed by atoms with Crippen molar-refractivity contribution < 1.29 is 17.9 Å². The van der Waals surface area contributed by atoms with Crippen LogP contribution in [0, 0.1) is 10.5 Å². The predicted octanol–water partition coefficient (Wildman–Crippen LogP) is 3.33. The van der Waals surface area contributed by atoms with E-state index in [4.69, 9.17) is 5.73 Å². The van der Waals surface area contributed by atoms with E-state index < -0.39 is 6.36 Å². The van der Waals surface area contributed by atoms with E-state index in [1.54, 1.807) is 19.1 Å². The van der Waals surface area contributed by atoms with Crippen LogP contribution in [0.5, 0.6) is 5.75 Å². The van der Waals surface area contributed by atoms with E-state index >= 15 is 0 Å². The maximum absolute atomic E-state index is 12.3. The average Bonchev–Trinajstić information content (AvgIpc) is 2.58. The van der Waals surface area contributed by atoms with Gasteiger partial charge in [0.2, 0.25) is 0 Å². The van der Waals surface area contributed by atoms with Gasteiger partial charge in [0.15, 0.2) is 0 Å². The highest BCUT2D eigenvalue weighted by molar-refractivity contribution is 14.1. The summed E-state index contributed by atoms with van der Waals surface area (Å²) < 4.78 is 43.3. The molecular weight excluding hydrogens is 386 g/mol. The molecule has 1 aromatic heterocycles. The minimum absolute atomic E-state index is 0.113. The van der Waals surface area contributed by atoms with Gasteiger partial charge in [0.25, 0.3) is 0 Å². The van der Waals surface area contributed by atoms with Crippen LogP contribution in [-0.2, 0) is 6.54 Å². The molecule has 0 saturated heterocycles. The van der Waals surface area contributed by atoms with Crippen molar-refractivity contribution in [1.29, 1.82) is 0 Å². The van der Waals surface area contributed by atoms with Crippen LogP contribution in [0.3, 0.4) is 0 Å². The van der Waals surface area contributed by atoms with Crippen molar-refractivity contribution in [2.24, 2.45) is 0 Å². The molecule has 20 heavy (non-hydrogen) atoms. The number of halogens is 4. The molecule has 1 heterocycles. The van der Waals surface area contributed by atoms with Gasteiger partial charge in [-0.2, -0.15) is 5.10 Å². The first-order valence-corrected chi connectivity index (χ1v) is 6.68. The number of aromatic nitrogens is 2. The second-order valence-corrected chi connectivity index (χ2v) is 5.18. The van der Waals surface area contributed by atoms with Crippen LogP contribution in [0.4, 0.5) is 19.0 Å². The third-order valence-electron chi connectivity index (χ3n) is 2.61. The number of nitrogens with two attached hydrogens (primary N) is 1. The van der Waals surface area contributed by atoms with Crippen LogP contribution in [0.1, 0.15) is 11.3 Å². The Labute approximate surface area is 126 Å². The number of para-hydroxylation sites is 1. The smallest absolute Gasteiger partial charge is 0.405 e. The number of ether oxygens (including phenoxy) is 1. The normalized spacial score (nSPS) is 11.7. The molecule has 0 saturated carbocycles. The van der Waals surface area contributed by atoms with Crippen LogP contribution in [-0.4, -0.2) is 16.1 Å². The zero-order chi connectivity index (χ0) is 14.9. The number of nitrogen functional groups attached to an aromatic ring is 1. The predicted molar refractivity (Wildman–Crippen MR) is 76.3 cm³/mol. The van der Waals surface area contributed by atoms with Crippen LogP contribution in [0.15, 0.2) is 24.3 Å². The Balaban J connectivity index is 2.32. The van der Waals surface area contributed by atoms with E-state index in [-0.39, 0.29) is 12.3 Å². The zero-order valence-corrected chi connectivity index (χ0v) is 12.6. The molecule has 0 fully saturated rings. The van der Waals surface area contributed by atoms with E-state index in [1.165, 1.54) is 16.8 Å². The molecule has 0 aliphatic rings. The van der Waals surface area contributed by atoms with Gasteiger partial charge in [-0.15, -0.1) is 13.2 Å². The molecule has 0 aliphatic heterocycles. The topological polar surface area (TPSA) is 53.1 Å². The van der Waals surface area contributed by atoms with Crippen molar-refractivity contribution in [3.8, 4) is 5.75 Å². The first kappa shape index (κ1) is 14.9. The molecule has 0 amide bonds. The van der Waals surface area contributed by atoms with Gasteiger partial charge >= 0.3 is 6.36 Å². The molecule has 8 heteroatoms. The maximum Gasteiger partial charge on any atom is 0.573 e. The Hall–Kier alpha value is -1.45. The number of alkyl halides is 3. The lowest BCUT2D eigenvalue weighted by Crippen LogP contribution is -2.18. The molecular formula is C12H11F3IN3O. The van der Waals surface area contributed by atoms with Crippen molar-refractivity contribution in [3.05, 3.63) is 39.1 Å². The summed E-state index contributed by atoms with van der Waals surface area (Å²) in [6.07, 6.45) is -4.73. The molecule has 108 valence electrons. The molecule has 1 aromatic carbocycles. The molecule has 0 spiro atoms. The molecule has 0 radical (unpaired) electrons. The lowest BCUT2D eigenvalue weighted by molar-refractivity contribution is -0.274. The Bertz CT molecular complexity index is 625. The van der Waals surface area contributed by atoms with Crippen molar-refractivity contribution in [3.63, 3.8) is 0 Å². The molecule has 4 nitrogen and oxygen atoms in total. The SMILES string of the molecule is Cc1nn(Cc2ccccc2OC(F)(F)F)c(N)c1I. The summed E-state index contributed by atoms with van der Waals surface area (Å²) in [4.78, 5) is 0. The van der Waals surface area contributed by atoms with E-state index in [0.717, 1.165) is 9.26 Å². The summed E-state index contributed by atoms with van der Waals surface area (Å²) in [5, 5.41) is 4.19. The monoisotopic (exact) mass is 397 g/mol. The fourth-order valence-corrected chi connectivity index (χ4v) is 2.10. The van der Waals surface area contributed by atoms with E-state index in [0.29, 0.717) is 11.4 Å². The van der Waals surface area contributed by atoms with Gasteiger partial charge in [-0.05, 0) is 35.6 Å². The number of nitrogens with zero attached hydrogens (tertiary/aromatic N) is 2. The van der Waals surface area contributed by atoms with Crippen LogP contribution >= 0.6 is 22.6 Å². The number of hydrogen-bond donors (Lipinski definition) is 1. The van der Waals surface area contributed by atoms with E-state index in [9.17, 15) is 13.2 Å². The lowest BCUT2D eigenvalue weighted by atomic mass is 10.2. The molecule has 0 atom stereocenters. The van der Waals surface area contributed by atoms with Crippen molar-refractivity contribution >= 4 is 28.4 Å². The van der Waals surface area contributed by atoms with Gasteiger partial charge in [-0.3, -0.25) is 0 Å². The van der Waals surface area contributed by atoms with Gasteiger partial charge < -0.3 is 10.5 Å². The Kier molecular flexibility index (Phi) is 4.11. The number of aryl methyl sites for hydroxylation is 1. The first-order chi connectivity index (χ1) is 9.28. The van der Waals surface area contributed by atoms with E-state index in [1.807, 2.05) is 22.6 Å². The van der Waals surface area contributed by atoms with Crippen LogP contribution < -0.4 is 10.5 Å². The average molecular weight is 397 g/mol. The van der Waals surface area contributed by atoms with Crippen LogP contribution in [0.25, 0.3) is 0 Å². The summed E-state index contributed by atoms with van der Waals surface area (Å²) in [6.45, 7) is 1.90. The molecule has 0 bridgehead atoms. The number of benzene rings is 1. The summed E-state index contributed by atoms with van der Waals surface area (Å²) in [7, 11) is 0. The molecule has 2 rings (SSSR count). The Morgan fingerprint density at radius 1 is 1.35 bits per heavy atom. The third-order valence-corrected chi connectivity index (χ3v) is 3.94. The highest BCUT2D eigenvalue weighted by Crippen LogP contribution is 2.28. The molecule has 0 aliphatic carbocycles. The van der Waals surface area contributed by atoms with Gasteiger partial charge in [0.05, 0.1) is 15.8 Å². The van der Waals surface area contributed by atoms with Crippen molar-refractivity contribution in [1.82, 2.24) is 9.78 Å². The highest BCUT2D eigenvalue weighted by atomic mass is 127. The second-order valence-electron chi connectivity index (χ2n) is 4.10. The van der Waals surface area contributed by atoms with E-state index in [2.05, 4.69) is 9.84 Å². The van der Waals surface area contributed by atoms with Gasteiger partial charge in [0.1, 0.15) is 11.6 Å². The summed E-state index contributed by atoms with van der Waals surface area (Å²) in [5.74, 6) is 0.174.